The van der Waals surface area contributed by atoms with Gasteiger partial charge in [-0.05, 0) is 44.7 Å². The standard InChI is InChI=1S/C21H30N2O3/c1-25-19-6-3-2-5-17(19)15-22-12-10-21(16-22)9-4-11-23(20(21)24)18-7-13-26-14-8-18/h2-3,5-6,18H,4,7-16H2,1H3. The highest BCUT2D eigenvalue weighted by molar-refractivity contribution is 5.84. The van der Waals surface area contributed by atoms with Crippen molar-refractivity contribution in [2.24, 2.45) is 5.41 Å². The van der Waals surface area contributed by atoms with Crippen LogP contribution in [0.2, 0.25) is 0 Å². The van der Waals surface area contributed by atoms with E-state index in [9.17, 15) is 4.79 Å². The highest BCUT2D eigenvalue weighted by atomic mass is 16.5. The number of rotatable bonds is 4. The Balaban J connectivity index is 1.45. The van der Waals surface area contributed by atoms with E-state index in [4.69, 9.17) is 9.47 Å². The number of methoxy groups -OCH3 is 1. The number of amides is 1. The molecule has 1 amide bonds. The first kappa shape index (κ1) is 17.8. The van der Waals surface area contributed by atoms with Crippen molar-refractivity contribution in [2.75, 3.05) is 40.0 Å². The molecule has 3 saturated heterocycles. The predicted octanol–water partition coefficient (Wildman–Crippen LogP) is 2.69. The fourth-order valence-electron chi connectivity index (χ4n) is 4.99. The molecule has 0 radical (unpaired) electrons. The third-order valence-corrected chi connectivity index (χ3v) is 6.42. The van der Waals surface area contributed by atoms with E-state index in [2.05, 4.69) is 21.9 Å². The van der Waals surface area contributed by atoms with Crippen LogP contribution >= 0.6 is 0 Å². The van der Waals surface area contributed by atoms with Crippen LogP contribution in [0.4, 0.5) is 0 Å². The molecular weight excluding hydrogens is 328 g/mol. The molecule has 3 aliphatic heterocycles. The van der Waals surface area contributed by atoms with Gasteiger partial charge in [-0.1, -0.05) is 18.2 Å². The van der Waals surface area contributed by atoms with E-state index in [1.165, 1.54) is 5.56 Å². The maximum absolute atomic E-state index is 13.4. The van der Waals surface area contributed by atoms with Crippen molar-refractivity contribution in [3.63, 3.8) is 0 Å². The predicted molar refractivity (Wildman–Crippen MR) is 100 cm³/mol. The van der Waals surface area contributed by atoms with Crippen LogP contribution in [-0.4, -0.2) is 61.7 Å². The van der Waals surface area contributed by atoms with Crippen molar-refractivity contribution in [3.8, 4) is 5.75 Å². The SMILES string of the molecule is COc1ccccc1CN1CCC2(CCCN(C3CCOCC3)C2=O)C1. The lowest BCUT2D eigenvalue weighted by molar-refractivity contribution is -0.150. The second kappa shape index (κ2) is 7.57. The Hall–Kier alpha value is -1.59. The molecule has 26 heavy (non-hydrogen) atoms. The average Bonchev–Trinajstić information content (AvgIpc) is 3.09. The van der Waals surface area contributed by atoms with Gasteiger partial charge in [-0.3, -0.25) is 9.69 Å². The maximum atomic E-state index is 13.4. The molecular formula is C21H30N2O3. The molecule has 3 heterocycles. The lowest BCUT2D eigenvalue weighted by Gasteiger charge is -2.44. The van der Waals surface area contributed by atoms with Crippen LogP contribution < -0.4 is 4.74 Å². The summed E-state index contributed by atoms with van der Waals surface area (Å²) in [6.07, 6.45) is 5.14. The highest BCUT2D eigenvalue weighted by Gasteiger charge is 2.49. The third kappa shape index (κ3) is 3.35. The summed E-state index contributed by atoms with van der Waals surface area (Å²) < 4.78 is 11.0. The Morgan fingerprint density at radius 3 is 2.81 bits per heavy atom. The molecule has 5 nitrogen and oxygen atoms in total. The summed E-state index contributed by atoms with van der Waals surface area (Å²) in [5.74, 6) is 1.34. The zero-order valence-corrected chi connectivity index (χ0v) is 15.8. The lowest BCUT2D eigenvalue weighted by Crippen LogP contribution is -2.54. The number of nitrogens with zero attached hydrogens (tertiary/aromatic N) is 2. The lowest BCUT2D eigenvalue weighted by atomic mass is 9.77. The van der Waals surface area contributed by atoms with E-state index >= 15 is 0 Å². The van der Waals surface area contributed by atoms with Crippen LogP contribution in [-0.2, 0) is 16.1 Å². The van der Waals surface area contributed by atoms with Gasteiger partial charge in [0.1, 0.15) is 5.75 Å². The van der Waals surface area contributed by atoms with E-state index in [1.54, 1.807) is 7.11 Å². The molecule has 5 heteroatoms. The van der Waals surface area contributed by atoms with Crippen molar-refractivity contribution in [3.05, 3.63) is 29.8 Å². The van der Waals surface area contributed by atoms with Crippen LogP contribution in [0.15, 0.2) is 24.3 Å². The van der Waals surface area contributed by atoms with E-state index in [0.717, 1.165) is 77.2 Å². The number of carbonyl (C=O) groups excluding carboxylic acids is 1. The van der Waals surface area contributed by atoms with Gasteiger partial charge in [0.2, 0.25) is 5.91 Å². The Labute approximate surface area is 156 Å². The van der Waals surface area contributed by atoms with Gasteiger partial charge in [0.15, 0.2) is 0 Å². The number of para-hydroxylation sites is 1. The molecule has 0 aliphatic carbocycles. The van der Waals surface area contributed by atoms with Gasteiger partial charge in [0, 0.05) is 44.5 Å². The Morgan fingerprint density at radius 2 is 2.00 bits per heavy atom. The van der Waals surface area contributed by atoms with E-state index in [-0.39, 0.29) is 5.41 Å². The monoisotopic (exact) mass is 358 g/mol. The fraction of sp³-hybridized carbons (Fsp3) is 0.667. The van der Waals surface area contributed by atoms with Crippen molar-refractivity contribution in [2.45, 2.75) is 44.7 Å². The fourth-order valence-corrected chi connectivity index (χ4v) is 4.99. The minimum absolute atomic E-state index is 0.168. The number of ether oxygens (including phenoxy) is 2. The second-order valence-electron chi connectivity index (χ2n) is 8.00. The molecule has 0 saturated carbocycles. The number of hydrogen-bond donors (Lipinski definition) is 0. The largest absolute Gasteiger partial charge is 0.496 e. The smallest absolute Gasteiger partial charge is 0.230 e. The number of carbonyl (C=O) groups is 1. The zero-order valence-electron chi connectivity index (χ0n) is 15.8. The minimum atomic E-state index is -0.168. The summed E-state index contributed by atoms with van der Waals surface area (Å²) in [6.45, 7) is 5.24. The Morgan fingerprint density at radius 1 is 1.19 bits per heavy atom. The first-order chi connectivity index (χ1) is 12.7. The Kier molecular flexibility index (Phi) is 5.18. The molecule has 1 spiro atoms. The summed E-state index contributed by atoms with van der Waals surface area (Å²) in [4.78, 5) is 18.0. The van der Waals surface area contributed by atoms with Gasteiger partial charge in [0.05, 0.1) is 12.5 Å². The van der Waals surface area contributed by atoms with E-state index < -0.39 is 0 Å². The molecule has 142 valence electrons. The highest BCUT2D eigenvalue weighted by Crippen LogP contribution is 2.42. The van der Waals surface area contributed by atoms with Gasteiger partial charge in [-0.2, -0.15) is 0 Å². The maximum Gasteiger partial charge on any atom is 0.230 e. The molecule has 0 N–H and O–H groups in total. The molecule has 3 fully saturated rings. The number of likely N-dealkylation sites (tertiary alicyclic amines) is 2. The van der Waals surface area contributed by atoms with Crippen molar-refractivity contribution in [1.29, 1.82) is 0 Å². The zero-order chi connectivity index (χ0) is 18.0. The van der Waals surface area contributed by atoms with Crippen molar-refractivity contribution < 1.29 is 14.3 Å². The van der Waals surface area contributed by atoms with E-state index in [1.807, 2.05) is 12.1 Å². The molecule has 1 unspecified atom stereocenters. The topological polar surface area (TPSA) is 42.0 Å². The quantitative estimate of drug-likeness (QED) is 0.830. The minimum Gasteiger partial charge on any atom is -0.496 e. The number of hydrogen-bond acceptors (Lipinski definition) is 4. The summed E-state index contributed by atoms with van der Waals surface area (Å²) in [6, 6.07) is 8.59. The molecule has 1 aromatic carbocycles. The van der Waals surface area contributed by atoms with Gasteiger partial charge < -0.3 is 14.4 Å². The second-order valence-corrected chi connectivity index (χ2v) is 8.00. The third-order valence-electron chi connectivity index (χ3n) is 6.42. The molecule has 3 aliphatic rings. The van der Waals surface area contributed by atoms with Gasteiger partial charge in [0.25, 0.3) is 0 Å². The summed E-state index contributed by atoms with van der Waals surface area (Å²) in [5.41, 5.74) is 1.04. The van der Waals surface area contributed by atoms with Crippen LogP contribution in [0.25, 0.3) is 0 Å². The summed E-state index contributed by atoms with van der Waals surface area (Å²) >= 11 is 0. The molecule has 4 rings (SSSR count). The van der Waals surface area contributed by atoms with Gasteiger partial charge >= 0.3 is 0 Å². The van der Waals surface area contributed by atoms with E-state index in [0.29, 0.717) is 11.9 Å². The average molecular weight is 358 g/mol. The van der Waals surface area contributed by atoms with Gasteiger partial charge in [-0.25, -0.2) is 0 Å². The number of benzene rings is 1. The molecule has 1 atom stereocenters. The molecule has 1 aromatic rings. The van der Waals surface area contributed by atoms with Gasteiger partial charge in [-0.15, -0.1) is 0 Å². The van der Waals surface area contributed by atoms with Crippen LogP contribution in [0.5, 0.6) is 5.75 Å². The summed E-state index contributed by atoms with van der Waals surface area (Å²) in [7, 11) is 1.72. The summed E-state index contributed by atoms with van der Waals surface area (Å²) in [5, 5.41) is 0. The first-order valence-electron chi connectivity index (χ1n) is 9.95. The molecule has 0 aromatic heterocycles. The van der Waals surface area contributed by atoms with Crippen molar-refractivity contribution in [1.82, 2.24) is 9.80 Å². The first-order valence-corrected chi connectivity index (χ1v) is 9.95. The number of piperidine rings is 1. The normalized spacial score (nSPS) is 28.0. The molecule has 0 bridgehead atoms. The van der Waals surface area contributed by atoms with Crippen LogP contribution in [0, 0.1) is 5.41 Å². The Bertz CT molecular complexity index is 644. The van der Waals surface area contributed by atoms with Crippen molar-refractivity contribution >= 4 is 5.91 Å². The van der Waals surface area contributed by atoms with Crippen LogP contribution in [0.1, 0.15) is 37.7 Å². The van der Waals surface area contributed by atoms with Crippen LogP contribution in [0.3, 0.4) is 0 Å².